The Kier molecular flexibility index (Phi) is 47.9. The Labute approximate surface area is 361 Å². The number of ether oxygens (including phenoxy) is 3. The maximum Gasteiger partial charge on any atom is 0.306 e. The number of rotatable bonds is 47. The Bertz CT molecular complexity index is 924. The van der Waals surface area contributed by atoms with Crippen LogP contribution >= 0.6 is 0 Å². The predicted molar refractivity (Wildman–Crippen MR) is 252 cm³/mol. The molecule has 0 aliphatic carbocycles. The number of hydrogen-bond acceptors (Lipinski definition) is 5. The van der Waals surface area contributed by atoms with E-state index in [0.717, 1.165) is 51.4 Å². The zero-order valence-corrected chi connectivity index (χ0v) is 39.1. The van der Waals surface area contributed by atoms with Gasteiger partial charge in [0.1, 0.15) is 6.61 Å². The van der Waals surface area contributed by atoms with Crippen LogP contribution < -0.4 is 0 Å². The molecule has 0 aromatic heterocycles. The first-order valence-electron chi connectivity index (χ1n) is 25.5. The maximum absolute atomic E-state index is 12.6. The summed E-state index contributed by atoms with van der Waals surface area (Å²) in [4.78, 5) is 25.1. The Morgan fingerprint density at radius 3 is 1.19 bits per heavy atom. The normalized spacial score (nSPS) is 12.4. The van der Waals surface area contributed by atoms with E-state index in [1.54, 1.807) is 0 Å². The van der Waals surface area contributed by atoms with Crippen molar-refractivity contribution in [2.45, 2.75) is 271 Å². The maximum atomic E-state index is 12.6. The van der Waals surface area contributed by atoms with Gasteiger partial charge in [0.15, 0.2) is 6.10 Å². The van der Waals surface area contributed by atoms with Gasteiger partial charge in [-0.3, -0.25) is 9.59 Å². The average molecular weight is 815 g/mol. The highest BCUT2D eigenvalue weighted by Gasteiger charge is 2.17. The van der Waals surface area contributed by atoms with Gasteiger partial charge in [-0.05, 0) is 77.0 Å². The molecule has 340 valence electrons. The van der Waals surface area contributed by atoms with Crippen molar-refractivity contribution in [3.63, 3.8) is 0 Å². The third-order valence-corrected chi connectivity index (χ3v) is 11.1. The molecule has 0 aromatic rings. The molecule has 0 fully saturated rings. The van der Waals surface area contributed by atoms with Gasteiger partial charge < -0.3 is 14.2 Å². The first-order valence-corrected chi connectivity index (χ1v) is 25.5. The van der Waals surface area contributed by atoms with Gasteiger partial charge in [0.25, 0.3) is 0 Å². The van der Waals surface area contributed by atoms with E-state index < -0.39 is 6.10 Å². The third-order valence-electron chi connectivity index (χ3n) is 11.1. The SMILES string of the molecule is CCCCC/C=C\C/C=C\CCCCCCCCCCCCOCC(COC(=O)CCCCCCCCC/C=C\CCCCCCCC)OC(=O)CCCCCCC. The highest BCUT2D eigenvalue weighted by molar-refractivity contribution is 5.70. The fourth-order valence-corrected chi connectivity index (χ4v) is 7.30. The molecule has 0 saturated carbocycles. The van der Waals surface area contributed by atoms with Crippen LogP contribution in [0.25, 0.3) is 0 Å². The molecule has 0 heterocycles. The zero-order chi connectivity index (χ0) is 42.1. The summed E-state index contributed by atoms with van der Waals surface area (Å²) >= 11 is 0. The molecule has 1 atom stereocenters. The van der Waals surface area contributed by atoms with Crippen molar-refractivity contribution in [1.82, 2.24) is 0 Å². The van der Waals surface area contributed by atoms with E-state index in [2.05, 4.69) is 57.2 Å². The molecule has 5 heteroatoms. The molecule has 0 bridgehead atoms. The van der Waals surface area contributed by atoms with Gasteiger partial charge >= 0.3 is 11.9 Å². The first kappa shape index (κ1) is 56.1. The lowest BCUT2D eigenvalue weighted by Gasteiger charge is -2.18. The summed E-state index contributed by atoms with van der Waals surface area (Å²) in [6.07, 6.45) is 59.0. The van der Waals surface area contributed by atoms with Crippen LogP contribution in [0.1, 0.15) is 265 Å². The summed E-state index contributed by atoms with van der Waals surface area (Å²) in [6, 6.07) is 0. The number of carbonyl (C=O) groups excluding carboxylic acids is 2. The van der Waals surface area contributed by atoms with Crippen molar-refractivity contribution >= 4 is 11.9 Å². The Morgan fingerprint density at radius 1 is 0.379 bits per heavy atom. The lowest BCUT2D eigenvalue weighted by Crippen LogP contribution is -2.30. The molecule has 0 spiro atoms. The van der Waals surface area contributed by atoms with Gasteiger partial charge in [-0.25, -0.2) is 0 Å². The van der Waals surface area contributed by atoms with E-state index in [4.69, 9.17) is 14.2 Å². The monoisotopic (exact) mass is 815 g/mol. The Balaban J connectivity index is 3.99. The third kappa shape index (κ3) is 46.8. The smallest absolute Gasteiger partial charge is 0.306 e. The molecule has 0 N–H and O–H groups in total. The largest absolute Gasteiger partial charge is 0.462 e. The second-order valence-electron chi connectivity index (χ2n) is 17.1. The fraction of sp³-hybridized carbons (Fsp3) is 0.849. The number of carbonyl (C=O) groups is 2. The molecule has 0 aliphatic rings. The predicted octanol–water partition coefficient (Wildman–Crippen LogP) is 17.0. The number of unbranched alkanes of at least 4 members (excludes halogenated alkanes) is 30. The summed E-state index contributed by atoms with van der Waals surface area (Å²) in [5, 5.41) is 0. The van der Waals surface area contributed by atoms with Gasteiger partial charge in [0, 0.05) is 19.4 Å². The summed E-state index contributed by atoms with van der Waals surface area (Å²) in [5.41, 5.74) is 0. The lowest BCUT2D eigenvalue weighted by atomic mass is 10.1. The van der Waals surface area contributed by atoms with E-state index in [0.29, 0.717) is 19.4 Å². The van der Waals surface area contributed by atoms with E-state index in [1.807, 2.05) is 0 Å². The molecular weight excluding hydrogens is 717 g/mol. The molecule has 0 rings (SSSR count). The molecule has 0 radical (unpaired) electrons. The van der Waals surface area contributed by atoms with Crippen molar-refractivity contribution in [1.29, 1.82) is 0 Å². The molecule has 0 aromatic carbocycles. The van der Waals surface area contributed by atoms with Gasteiger partial charge in [0.05, 0.1) is 6.61 Å². The average Bonchev–Trinajstić information content (AvgIpc) is 3.22. The van der Waals surface area contributed by atoms with Crippen LogP contribution in [0.2, 0.25) is 0 Å². The van der Waals surface area contributed by atoms with E-state index in [9.17, 15) is 9.59 Å². The van der Waals surface area contributed by atoms with E-state index >= 15 is 0 Å². The molecule has 5 nitrogen and oxygen atoms in total. The fourth-order valence-electron chi connectivity index (χ4n) is 7.30. The van der Waals surface area contributed by atoms with Gasteiger partial charge in [-0.2, -0.15) is 0 Å². The minimum Gasteiger partial charge on any atom is -0.462 e. The summed E-state index contributed by atoms with van der Waals surface area (Å²) < 4.78 is 17.3. The summed E-state index contributed by atoms with van der Waals surface area (Å²) in [5.74, 6) is -0.406. The van der Waals surface area contributed by atoms with Crippen molar-refractivity contribution in [2.24, 2.45) is 0 Å². The minimum absolute atomic E-state index is 0.0847. The van der Waals surface area contributed by atoms with Crippen LogP contribution in [-0.4, -0.2) is 37.9 Å². The van der Waals surface area contributed by atoms with Crippen LogP contribution in [0.4, 0.5) is 0 Å². The number of allylic oxidation sites excluding steroid dienone is 6. The van der Waals surface area contributed by atoms with E-state index in [-0.39, 0.29) is 25.2 Å². The first-order chi connectivity index (χ1) is 28.6. The highest BCUT2D eigenvalue weighted by atomic mass is 16.6. The van der Waals surface area contributed by atoms with Crippen LogP contribution in [0.5, 0.6) is 0 Å². The van der Waals surface area contributed by atoms with E-state index in [1.165, 1.54) is 180 Å². The molecular formula is C53H98O5. The topological polar surface area (TPSA) is 61.8 Å². The quantitative estimate of drug-likeness (QED) is 0.0348. The van der Waals surface area contributed by atoms with Gasteiger partial charge in [-0.15, -0.1) is 0 Å². The van der Waals surface area contributed by atoms with Gasteiger partial charge in [-0.1, -0.05) is 211 Å². The highest BCUT2D eigenvalue weighted by Crippen LogP contribution is 2.14. The number of hydrogen-bond donors (Lipinski definition) is 0. The standard InChI is InChI=1S/C53H98O5/c1-4-7-10-13-15-17-19-21-23-25-26-27-29-31-33-35-37-39-42-45-48-56-49-51(58-53(55)47-44-40-12-9-6-3)50-57-52(54)46-43-41-38-36-34-32-30-28-24-22-20-18-16-14-11-8-5-2/h15,17,21-24,51H,4-14,16,18-20,25-50H2,1-3H3/b17-15-,23-21-,24-22-. The van der Waals surface area contributed by atoms with Crippen molar-refractivity contribution in [2.75, 3.05) is 19.8 Å². The minimum atomic E-state index is -0.532. The van der Waals surface area contributed by atoms with Crippen LogP contribution in [-0.2, 0) is 23.8 Å². The molecule has 0 aliphatic heterocycles. The Hall–Kier alpha value is -1.88. The summed E-state index contributed by atoms with van der Waals surface area (Å²) in [7, 11) is 0. The van der Waals surface area contributed by atoms with Crippen molar-refractivity contribution < 1.29 is 23.8 Å². The second-order valence-corrected chi connectivity index (χ2v) is 17.1. The van der Waals surface area contributed by atoms with Crippen LogP contribution in [0.3, 0.4) is 0 Å². The van der Waals surface area contributed by atoms with Gasteiger partial charge in [0.2, 0.25) is 0 Å². The molecule has 1 unspecified atom stereocenters. The second kappa shape index (κ2) is 49.5. The number of esters is 2. The lowest BCUT2D eigenvalue weighted by molar-refractivity contribution is -0.163. The van der Waals surface area contributed by atoms with Crippen molar-refractivity contribution in [3.8, 4) is 0 Å². The van der Waals surface area contributed by atoms with Crippen molar-refractivity contribution in [3.05, 3.63) is 36.5 Å². The van der Waals surface area contributed by atoms with Crippen LogP contribution in [0.15, 0.2) is 36.5 Å². The Morgan fingerprint density at radius 2 is 0.724 bits per heavy atom. The molecule has 0 saturated heterocycles. The molecule has 58 heavy (non-hydrogen) atoms. The molecule has 0 amide bonds. The van der Waals surface area contributed by atoms with Crippen LogP contribution in [0, 0.1) is 0 Å². The zero-order valence-electron chi connectivity index (χ0n) is 39.1. The summed E-state index contributed by atoms with van der Waals surface area (Å²) in [6.45, 7) is 7.75.